The Bertz CT molecular complexity index is 928. The van der Waals surface area contributed by atoms with Gasteiger partial charge in [0.05, 0.1) is 11.3 Å². The predicted molar refractivity (Wildman–Crippen MR) is 85.6 cm³/mol. The van der Waals surface area contributed by atoms with E-state index in [0.717, 1.165) is 42.0 Å². The highest BCUT2D eigenvalue weighted by Crippen LogP contribution is 2.35. The van der Waals surface area contributed by atoms with Crippen molar-refractivity contribution in [3.05, 3.63) is 71.0 Å². The molecular formula is C19H14FN3O. The normalized spacial score (nSPS) is 16.4. The van der Waals surface area contributed by atoms with Crippen molar-refractivity contribution < 1.29 is 8.81 Å². The lowest BCUT2D eigenvalue weighted by Gasteiger charge is -2.20. The number of oxazole rings is 1. The van der Waals surface area contributed by atoms with Crippen molar-refractivity contribution in [2.24, 2.45) is 0 Å². The van der Waals surface area contributed by atoms with Gasteiger partial charge >= 0.3 is 0 Å². The van der Waals surface area contributed by atoms with E-state index >= 15 is 0 Å². The first-order chi connectivity index (χ1) is 11.7. The third kappa shape index (κ3) is 2.56. The van der Waals surface area contributed by atoms with Crippen LogP contribution in [0, 0.1) is 17.1 Å². The summed E-state index contributed by atoms with van der Waals surface area (Å²) in [5, 5.41) is 9.00. The van der Waals surface area contributed by atoms with Crippen LogP contribution >= 0.6 is 0 Å². The fraction of sp³-hybridized carbons (Fsp3) is 0.211. The lowest BCUT2D eigenvalue weighted by molar-refractivity contribution is 0.464. The van der Waals surface area contributed by atoms with E-state index in [0.29, 0.717) is 5.89 Å². The van der Waals surface area contributed by atoms with Crippen LogP contribution in [-0.2, 0) is 12.8 Å². The molecule has 1 aliphatic carbocycles. The van der Waals surface area contributed by atoms with Crippen LogP contribution in [-0.4, -0.2) is 9.97 Å². The monoisotopic (exact) mass is 319 g/mol. The number of nitrogens with zero attached hydrogens (tertiary/aromatic N) is 3. The minimum atomic E-state index is -0.475. The molecule has 1 atom stereocenters. The number of nitriles is 1. The third-order valence-electron chi connectivity index (χ3n) is 4.40. The van der Waals surface area contributed by atoms with E-state index in [9.17, 15) is 4.39 Å². The van der Waals surface area contributed by atoms with Crippen molar-refractivity contribution >= 4 is 0 Å². The zero-order valence-electron chi connectivity index (χ0n) is 12.9. The largest absolute Gasteiger partial charge is 0.440 e. The molecule has 1 aliphatic rings. The molecule has 118 valence electrons. The maximum Gasteiger partial charge on any atom is 0.245 e. The summed E-state index contributed by atoms with van der Waals surface area (Å²) in [5.41, 5.74) is 2.71. The van der Waals surface area contributed by atoms with Crippen molar-refractivity contribution in [3.63, 3.8) is 0 Å². The Morgan fingerprint density at radius 2 is 2.17 bits per heavy atom. The molecule has 0 saturated heterocycles. The van der Waals surface area contributed by atoms with Gasteiger partial charge in [0, 0.05) is 19.0 Å². The molecule has 4 rings (SSSR count). The smallest absolute Gasteiger partial charge is 0.245 e. The summed E-state index contributed by atoms with van der Waals surface area (Å²) >= 11 is 0. The van der Waals surface area contributed by atoms with Gasteiger partial charge in [0.2, 0.25) is 5.89 Å². The van der Waals surface area contributed by atoms with Crippen molar-refractivity contribution in [1.82, 2.24) is 9.97 Å². The van der Waals surface area contributed by atoms with Gasteiger partial charge in [-0.15, -0.1) is 0 Å². The van der Waals surface area contributed by atoms with Crippen molar-refractivity contribution in [2.75, 3.05) is 0 Å². The average molecular weight is 319 g/mol. The Morgan fingerprint density at radius 3 is 2.96 bits per heavy atom. The van der Waals surface area contributed by atoms with Gasteiger partial charge in [-0.1, -0.05) is 12.1 Å². The summed E-state index contributed by atoms with van der Waals surface area (Å²) in [7, 11) is 0. The van der Waals surface area contributed by atoms with E-state index in [4.69, 9.17) is 9.68 Å². The number of benzene rings is 1. The molecule has 1 unspecified atom stereocenters. The molecule has 2 heterocycles. The van der Waals surface area contributed by atoms with Crippen LogP contribution in [0.4, 0.5) is 4.39 Å². The highest BCUT2D eigenvalue weighted by atomic mass is 19.1. The van der Waals surface area contributed by atoms with Gasteiger partial charge in [-0.05, 0) is 42.2 Å². The number of aryl methyl sites for hydroxylation is 1. The number of hydrogen-bond acceptors (Lipinski definition) is 4. The summed E-state index contributed by atoms with van der Waals surface area (Å²) in [6.45, 7) is 0. The number of aromatic nitrogens is 2. The van der Waals surface area contributed by atoms with Crippen LogP contribution < -0.4 is 0 Å². The lowest BCUT2D eigenvalue weighted by Crippen LogP contribution is -2.12. The maximum atomic E-state index is 13.5. The average Bonchev–Trinajstić information content (AvgIpc) is 3.06. The Kier molecular flexibility index (Phi) is 3.58. The van der Waals surface area contributed by atoms with Gasteiger partial charge in [0.25, 0.3) is 0 Å². The minimum absolute atomic E-state index is 0.0904. The maximum absolute atomic E-state index is 13.5. The number of rotatable bonds is 2. The number of fused-ring (bicyclic) bond motifs is 1. The number of hydrogen-bond donors (Lipinski definition) is 0. The molecule has 0 N–H and O–H groups in total. The molecule has 2 aromatic heterocycles. The summed E-state index contributed by atoms with van der Waals surface area (Å²) in [4.78, 5) is 8.86. The first-order valence-electron chi connectivity index (χ1n) is 7.84. The van der Waals surface area contributed by atoms with Crippen LogP contribution in [0.5, 0.6) is 0 Å². The molecule has 4 nitrogen and oxygen atoms in total. The van der Waals surface area contributed by atoms with Crippen molar-refractivity contribution in [1.29, 1.82) is 5.26 Å². The third-order valence-corrected chi connectivity index (χ3v) is 4.40. The molecule has 0 radical (unpaired) electrons. The molecule has 0 saturated carbocycles. The number of halogens is 1. The lowest BCUT2D eigenvalue weighted by atomic mass is 9.84. The molecule has 0 fully saturated rings. The summed E-state index contributed by atoms with van der Waals surface area (Å²) in [5.74, 6) is 1.18. The second-order valence-electron chi connectivity index (χ2n) is 5.89. The highest BCUT2D eigenvalue weighted by Gasteiger charge is 2.26. The quantitative estimate of drug-likeness (QED) is 0.715. The van der Waals surface area contributed by atoms with Gasteiger partial charge in [-0.3, -0.25) is 4.98 Å². The summed E-state index contributed by atoms with van der Waals surface area (Å²) < 4.78 is 19.4. The summed E-state index contributed by atoms with van der Waals surface area (Å²) in [6, 6.07) is 12.3. The van der Waals surface area contributed by atoms with Crippen LogP contribution in [0.2, 0.25) is 0 Å². The first-order valence-corrected chi connectivity index (χ1v) is 7.84. The van der Waals surface area contributed by atoms with E-state index in [1.54, 1.807) is 18.3 Å². The fourth-order valence-corrected chi connectivity index (χ4v) is 3.14. The Hall–Kier alpha value is -3.00. The molecule has 0 bridgehead atoms. The molecule has 24 heavy (non-hydrogen) atoms. The molecule has 0 amide bonds. The molecule has 0 aliphatic heterocycles. The van der Waals surface area contributed by atoms with Gasteiger partial charge in [-0.2, -0.15) is 5.26 Å². The molecule has 0 spiro atoms. The van der Waals surface area contributed by atoms with Crippen LogP contribution in [0.1, 0.15) is 34.9 Å². The zero-order chi connectivity index (χ0) is 16.5. The van der Waals surface area contributed by atoms with E-state index in [2.05, 4.69) is 9.97 Å². The Balaban J connectivity index is 1.63. The van der Waals surface area contributed by atoms with Gasteiger partial charge in [0.15, 0.2) is 0 Å². The first kappa shape index (κ1) is 14.6. The van der Waals surface area contributed by atoms with E-state index in [-0.39, 0.29) is 11.5 Å². The van der Waals surface area contributed by atoms with Crippen molar-refractivity contribution in [3.8, 4) is 17.7 Å². The Morgan fingerprint density at radius 1 is 1.25 bits per heavy atom. The molecule has 5 heteroatoms. The fourth-order valence-electron chi connectivity index (χ4n) is 3.14. The topological polar surface area (TPSA) is 62.7 Å². The van der Waals surface area contributed by atoms with Gasteiger partial charge in [-0.25, -0.2) is 9.37 Å². The van der Waals surface area contributed by atoms with E-state index < -0.39 is 5.82 Å². The van der Waals surface area contributed by atoms with Crippen LogP contribution in [0.25, 0.3) is 11.6 Å². The number of pyridine rings is 1. The minimum Gasteiger partial charge on any atom is -0.440 e. The summed E-state index contributed by atoms with van der Waals surface area (Å²) in [6.07, 6.45) is 4.10. The Labute approximate surface area is 138 Å². The molecular weight excluding hydrogens is 305 g/mol. The molecule has 1 aromatic carbocycles. The van der Waals surface area contributed by atoms with Gasteiger partial charge in [0.1, 0.15) is 23.3 Å². The second kappa shape index (κ2) is 5.89. The van der Waals surface area contributed by atoms with Crippen molar-refractivity contribution in [2.45, 2.75) is 25.2 Å². The van der Waals surface area contributed by atoms with E-state index in [1.807, 2.05) is 24.3 Å². The highest BCUT2D eigenvalue weighted by molar-refractivity contribution is 5.47. The van der Waals surface area contributed by atoms with E-state index in [1.165, 1.54) is 6.07 Å². The van der Waals surface area contributed by atoms with Crippen LogP contribution in [0.15, 0.2) is 47.0 Å². The standard InChI is InChI=1S/C19H14FN3O/c20-15-6-4-12(9-14(15)11-21)13-5-7-18-17(10-13)23-19(24-18)16-3-1-2-8-22-16/h1-4,6,8-9,13H,5,7,10H2. The predicted octanol–water partition coefficient (Wildman–Crippen LogP) is 4.02. The SMILES string of the molecule is N#Cc1cc(C2CCc3oc(-c4ccccn4)nc3C2)ccc1F. The second-order valence-corrected chi connectivity index (χ2v) is 5.89. The zero-order valence-corrected chi connectivity index (χ0v) is 12.9. The van der Waals surface area contributed by atoms with Gasteiger partial charge < -0.3 is 4.42 Å². The van der Waals surface area contributed by atoms with Crippen LogP contribution in [0.3, 0.4) is 0 Å². The molecule has 3 aromatic rings.